The van der Waals surface area contributed by atoms with Crippen LogP contribution in [0.15, 0.2) is 60.7 Å². The van der Waals surface area contributed by atoms with Gasteiger partial charge in [-0.1, -0.05) is 43.3 Å². The van der Waals surface area contributed by atoms with Crippen LogP contribution in [0, 0.1) is 5.92 Å². The van der Waals surface area contributed by atoms with Gasteiger partial charge in [-0.15, -0.1) is 0 Å². The van der Waals surface area contributed by atoms with Crippen molar-refractivity contribution >= 4 is 0 Å². The molecule has 1 heterocycles. The summed E-state index contributed by atoms with van der Waals surface area (Å²) in [7, 11) is 0. The zero-order valence-electron chi connectivity index (χ0n) is 12.8. The van der Waals surface area contributed by atoms with Gasteiger partial charge in [0.1, 0.15) is 0 Å². The van der Waals surface area contributed by atoms with Gasteiger partial charge < -0.3 is 9.47 Å². The number of hydrogen-bond donors (Lipinski definition) is 0. The van der Waals surface area contributed by atoms with Crippen molar-refractivity contribution in [1.82, 2.24) is 0 Å². The molecule has 2 aromatic rings. The van der Waals surface area contributed by atoms with Gasteiger partial charge >= 0.3 is 0 Å². The first-order chi connectivity index (χ1) is 11.1. The first kappa shape index (κ1) is 15.5. The summed E-state index contributed by atoms with van der Waals surface area (Å²) in [6, 6.07) is 15.2. The summed E-state index contributed by atoms with van der Waals surface area (Å²) in [5, 5.41) is 0. The zero-order valence-corrected chi connectivity index (χ0v) is 12.8. The minimum Gasteiger partial charge on any atom is -0.454 e. The van der Waals surface area contributed by atoms with E-state index in [2.05, 4.69) is 0 Å². The van der Waals surface area contributed by atoms with Crippen LogP contribution in [-0.4, -0.2) is 6.79 Å². The van der Waals surface area contributed by atoms with Crippen LogP contribution in [0.3, 0.4) is 0 Å². The second-order valence-electron chi connectivity index (χ2n) is 5.76. The first-order valence-electron chi connectivity index (χ1n) is 7.60. The second kappa shape index (κ2) is 6.82. The summed E-state index contributed by atoms with van der Waals surface area (Å²) in [5.41, 5.74) is 1.95. The third-order valence-corrected chi connectivity index (χ3v) is 4.10. The molecule has 1 aliphatic heterocycles. The summed E-state index contributed by atoms with van der Waals surface area (Å²) in [5.74, 6) is 1.15. The van der Waals surface area contributed by atoms with Crippen LogP contribution in [0.2, 0.25) is 0 Å². The number of halogens is 2. The monoisotopic (exact) mass is 316 g/mol. The van der Waals surface area contributed by atoms with Gasteiger partial charge in [0.2, 0.25) is 6.79 Å². The lowest BCUT2D eigenvalue weighted by Gasteiger charge is -2.21. The Labute approximate surface area is 134 Å². The Balaban J connectivity index is 1.81. The third kappa shape index (κ3) is 3.70. The highest BCUT2D eigenvalue weighted by Gasteiger charge is 2.20. The molecular weight excluding hydrogens is 298 g/mol. The maximum atomic E-state index is 12.9. The Bertz CT molecular complexity index is 694. The van der Waals surface area contributed by atoms with Crippen molar-refractivity contribution in [3.8, 4) is 11.5 Å². The van der Waals surface area contributed by atoms with Gasteiger partial charge in [0.05, 0.1) is 0 Å². The van der Waals surface area contributed by atoms with E-state index in [1.165, 1.54) is 0 Å². The lowest BCUT2D eigenvalue weighted by molar-refractivity contribution is 0.174. The van der Waals surface area contributed by atoms with Crippen LogP contribution in [0.1, 0.15) is 24.0 Å². The van der Waals surface area contributed by atoms with Crippen molar-refractivity contribution in [1.29, 1.82) is 0 Å². The average molecular weight is 316 g/mol. The van der Waals surface area contributed by atoms with Gasteiger partial charge in [0.25, 0.3) is 6.08 Å². The average Bonchev–Trinajstić information content (AvgIpc) is 3.01. The molecule has 0 saturated carbocycles. The summed E-state index contributed by atoms with van der Waals surface area (Å²) < 4.78 is 36.4. The van der Waals surface area contributed by atoms with E-state index in [1.54, 1.807) is 0 Å². The Hall–Kier alpha value is -2.36. The highest BCUT2D eigenvalue weighted by molar-refractivity contribution is 5.44. The first-order valence-corrected chi connectivity index (χ1v) is 7.60. The van der Waals surface area contributed by atoms with E-state index in [1.807, 2.05) is 55.5 Å². The van der Waals surface area contributed by atoms with Crippen molar-refractivity contribution in [2.75, 3.05) is 6.79 Å². The van der Waals surface area contributed by atoms with Crippen LogP contribution < -0.4 is 9.47 Å². The van der Waals surface area contributed by atoms with E-state index in [9.17, 15) is 8.78 Å². The maximum absolute atomic E-state index is 12.9. The molecule has 0 aromatic heterocycles. The number of allylic oxidation sites excluding steroid dienone is 1. The van der Waals surface area contributed by atoms with Crippen LogP contribution in [-0.2, 0) is 6.42 Å². The smallest absolute Gasteiger partial charge is 0.266 e. The number of ether oxygens (including phenoxy) is 2. The van der Waals surface area contributed by atoms with Crippen LogP contribution >= 0.6 is 0 Å². The molecule has 120 valence electrons. The van der Waals surface area contributed by atoms with E-state index in [-0.39, 0.29) is 18.6 Å². The van der Waals surface area contributed by atoms with Crippen molar-refractivity contribution in [3.63, 3.8) is 0 Å². The highest BCUT2D eigenvalue weighted by Crippen LogP contribution is 2.35. The van der Waals surface area contributed by atoms with E-state index >= 15 is 0 Å². The number of rotatable bonds is 5. The topological polar surface area (TPSA) is 18.5 Å². The molecule has 0 radical (unpaired) electrons. The predicted octanol–water partition coefficient (Wildman–Crippen LogP) is 5.16. The molecule has 0 amide bonds. The molecule has 23 heavy (non-hydrogen) atoms. The molecule has 0 aliphatic carbocycles. The zero-order chi connectivity index (χ0) is 16.2. The number of fused-ring (bicyclic) bond motifs is 1. The quantitative estimate of drug-likeness (QED) is 0.758. The molecule has 1 aliphatic rings. The van der Waals surface area contributed by atoms with Gasteiger partial charge in [-0.3, -0.25) is 0 Å². The van der Waals surface area contributed by atoms with Crippen molar-refractivity contribution in [3.05, 3.63) is 71.8 Å². The van der Waals surface area contributed by atoms with Crippen LogP contribution in [0.5, 0.6) is 11.5 Å². The Morgan fingerprint density at radius 2 is 1.83 bits per heavy atom. The lowest BCUT2D eigenvalue weighted by atomic mass is 9.83. The van der Waals surface area contributed by atoms with Crippen molar-refractivity contribution in [2.45, 2.75) is 19.3 Å². The van der Waals surface area contributed by atoms with Crippen LogP contribution in [0.25, 0.3) is 0 Å². The van der Waals surface area contributed by atoms with Gasteiger partial charge in [-0.2, -0.15) is 8.78 Å². The van der Waals surface area contributed by atoms with Gasteiger partial charge in [-0.05, 0) is 41.7 Å². The van der Waals surface area contributed by atoms with Crippen LogP contribution in [0.4, 0.5) is 8.78 Å². The van der Waals surface area contributed by atoms with Gasteiger partial charge in [0, 0.05) is 5.92 Å². The largest absolute Gasteiger partial charge is 0.454 e. The molecule has 0 bridgehead atoms. The summed E-state index contributed by atoms with van der Waals surface area (Å²) in [6.45, 7) is 2.22. The SMILES string of the molecule is CC(Cc1ccc2c(c1)OCO2)C(C=C(F)F)c1ccccc1. The summed E-state index contributed by atoms with van der Waals surface area (Å²) in [4.78, 5) is 0. The van der Waals surface area contributed by atoms with E-state index in [0.717, 1.165) is 28.7 Å². The molecule has 0 N–H and O–H groups in total. The third-order valence-electron chi connectivity index (χ3n) is 4.10. The Morgan fingerprint density at radius 1 is 1.09 bits per heavy atom. The van der Waals surface area contributed by atoms with E-state index in [4.69, 9.17) is 9.47 Å². The Kier molecular flexibility index (Phi) is 4.60. The number of benzene rings is 2. The minimum absolute atomic E-state index is 0.0271. The summed E-state index contributed by atoms with van der Waals surface area (Å²) >= 11 is 0. The van der Waals surface area contributed by atoms with Crippen molar-refractivity contribution in [2.24, 2.45) is 5.92 Å². The minimum atomic E-state index is -1.64. The molecule has 2 aromatic carbocycles. The fourth-order valence-electron chi connectivity index (χ4n) is 2.97. The van der Waals surface area contributed by atoms with E-state index in [0.29, 0.717) is 6.42 Å². The molecule has 3 rings (SSSR count). The fraction of sp³-hybridized carbons (Fsp3) is 0.263. The molecule has 2 unspecified atom stereocenters. The van der Waals surface area contributed by atoms with Gasteiger partial charge in [-0.25, -0.2) is 0 Å². The maximum Gasteiger partial charge on any atom is 0.266 e. The Morgan fingerprint density at radius 3 is 2.57 bits per heavy atom. The lowest BCUT2D eigenvalue weighted by Crippen LogP contribution is -2.11. The van der Waals surface area contributed by atoms with E-state index < -0.39 is 6.08 Å². The molecule has 2 nitrogen and oxygen atoms in total. The second-order valence-corrected chi connectivity index (χ2v) is 5.76. The fourth-order valence-corrected chi connectivity index (χ4v) is 2.97. The van der Waals surface area contributed by atoms with Crippen molar-refractivity contribution < 1.29 is 18.3 Å². The number of hydrogen-bond acceptors (Lipinski definition) is 2. The molecule has 2 atom stereocenters. The predicted molar refractivity (Wildman–Crippen MR) is 84.9 cm³/mol. The van der Waals surface area contributed by atoms with Gasteiger partial charge in [0.15, 0.2) is 11.5 Å². The normalized spacial score (nSPS) is 15.1. The standard InChI is InChI=1S/C19H18F2O2/c1-13(9-14-7-8-17-18(10-14)23-12-22-17)16(11-19(20)21)15-5-3-2-4-6-15/h2-8,10-11,13,16H,9,12H2,1H3. The molecule has 4 heteroatoms. The molecular formula is C19H18F2O2. The molecule has 0 fully saturated rings. The highest BCUT2D eigenvalue weighted by atomic mass is 19.3. The molecule has 0 saturated heterocycles. The molecule has 0 spiro atoms. The summed E-state index contributed by atoms with van der Waals surface area (Å²) in [6.07, 6.45) is 0.0869.